The van der Waals surface area contributed by atoms with Crippen molar-refractivity contribution < 1.29 is 0 Å². The van der Waals surface area contributed by atoms with E-state index in [0.29, 0.717) is 0 Å². The van der Waals surface area contributed by atoms with Crippen molar-refractivity contribution in [2.24, 2.45) is 0 Å². The third-order valence-corrected chi connectivity index (χ3v) is 5.07. The highest BCUT2D eigenvalue weighted by Gasteiger charge is 2.15. The zero-order chi connectivity index (χ0) is 11.5. The highest BCUT2D eigenvalue weighted by molar-refractivity contribution is 7.16. The molecule has 0 saturated carbocycles. The average Bonchev–Trinajstić information content (AvgIpc) is 2.84. The molecule has 16 heavy (non-hydrogen) atoms. The summed E-state index contributed by atoms with van der Waals surface area (Å²) in [5, 5.41) is 6.15. The number of thiophene rings is 2. The number of nitrogens with one attached hydrogen (secondary N) is 1. The number of rotatable bonds is 4. The Hall–Kier alpha value is -0.0600. The smallest absolute Gasteiger partial charge is 0.0931 e. The van der Waals surface area contributed by atoms with Crippen LogP contribution in [0.2, 0.25) is 9.36 Å². The minimum atomic E-state index is 0.266. The molecule has 2 aromatic heterocycles. The number of likely N-dealkylation sites (N-methyl/N-ethyl adjacent to an activating group) is 1. The molecule has 1 unspecified atom stereocenters. The van der Waals surface area contributed by atoms with Crippen molar-refractivity contribution in [3.8, 4) is 0 Å². The summed E-state index contributed by atoms with van der Waals surface area (Å²) in [7, 11) is 1.95. The van der Waals surface area contributed by atoms with Crippen LogP contribution < -0.4 is 5.32 Å². The van der Waals surface area contributed by atoms with Crippen LogP contribution >= 0.6 is 45.9 Å². The van der Waals surface area contributed by atoms with Gasteiger partial charge in [-0.15, -0.1) is 22.7 Å². The fraction of sp³-hybridized carbons (Fsp3) is 0.273. The number of hydrogen-bond acceptors (Lipinski definition) is 3. The summed E-state index contributed by atoms with van der Waals surface area (Å²) in [5.41, 5.74) is 0. The summed E-state index contributed by atoms with van der Waals surface area (Å²) in [6.07, 6.45) is 0.925. The van der Waals surface area contributed by atoms with Crippen molar-refractivity contribution in [2.75, 3.05) is 7.05 Å². The molecule has 1 N–H and O–H groups in total. The molecule has 1 atom stereocenters. The molecule has 86 valence electrons. The van der Waals surface area contributed by atoms with E-state index in [1.807, 2.05) is 24.6 Å². The van der Waals surface area contributed by atoms with E-state index >= 15 is 0 Å². The molecule has 2 aromatic rings. The third-order valence-electron chi connectivity index (χ3n) is 2.34. The molecule has 0 aliphatic carbocycles. The van der Waals surface area contributed by atoms with Crippen LogP contribution in [-0.2, 0) is 6.42 Å². The normalized spacial score (nSPS) is 12.9. The lowest BCUT2D eigenvalue weighted by atomic mass is 10.1. The maximum absolute atomic E-state index is 6.13. The second-order valence-electron chi connectivity index (χ2n) is 3.38. The molecule has 2 heterocycles. The Morgan fingerprint density at radius 1 is 1.31 bits per heavy atom. The Labute approximate surface area is 113 Å². The summed E-state index contributed by atoms with van der Waals surface area (Å²) >= 11 is 15.4. The molecule has 0 spiro atoms. The summed E-state index contributed by atoms with van der Waals surface area (Å²) in [5.74, 6) is 0. The van der Waals surface area contributed by atoms with Gasteiger partial charge >= 0.3 is 0 Å². The standard InChI is InChI=1S/C11H11Cl2NS2/c1-14-9(11-8(12)4-5-15-11)6-7-2-3-10(13)16-7/h2-5,9,14H,6H2,1H3. The van der Waals surface area contributed by atoms with Crippen molar-refractivity contribution in [3.05, 3.63) is 42.7 Å². The molecule has 5 heteroatoms. The fourth-order valence-corrected chi connectivity index (χ4v) is 3.98. The van der Waals surface area contributed by atoms with Gasteiger partial charge in [0.15, 0.2) is 0 Å². The van der Waals surface area contributed by atoms with Crippen molar-refractivity contribution in [1.29, 1.82) is 0 Å². The van der Waals surface area contributed by atoms with Gasteiger partial charge in [0, 0.05) is 22.2 Å². The van der Waals surface area contributed by atoms with Gasteiger partial charge in [-0.1, -0.05) is 23.2 Å². The lowest BCUT2D eigenvalue weighted by Gasteiger charge is -2.13. The largest absolute Gasteiger partial charge is 0.312 e. The number of hydrogen-bond donors (Lipinski definition) is 1. The van der Waals surface area contributed by atoms with Crippen molar-refractivity contribution in [3.63, 3.8) is 0 Å². The summed E-state index contributed by atoms with van der Waals surface area (Å²) in [6.45, 7) is 0. The summed E-state index contributed by atoms with van der Waals surface area (Å²) in [4.78, 5) is 2.46. The van der Waals surface area contributed by atoms with Crippen LogP contribution in [0.3, 0.4) is 0 Å². The van der Waals surface area contributed by atoms with Crippen LogP contribution in [0.1, 0.15) is 15.8 Å². The van der Waals surface area contributed by atoms with Gasteiger partial charge in [0.25, 0.3) is 0 Å². The Balaban J connectivity index is 2.15. The van der Waals surface area contributed by atoms with Gasteiger partial charge in [0.1, 0.15) is 0 Å². The second kappa shape index (κ2) is 5.52. The first-order valence-electron chi connectivity index (χ1n) is 4.85. The van der Waals surface area contributed by atoms with E-state index < -0.39 is 0 Å². The van der Waals surface area contributed by atoms with Crippen LogP contribution in [0.5, 0.6) is 0 Å². The Bertz CT molecular complexity index is 464. The molecule has 0 aliphatic rings. The van der Waals surface area contributed by atoms with Crippen molar-refractivity contribution in [1.82, 2.24) is 5.32 Å². The highest BCUT2D eigenvalue weighted by Crippen LogP contribution is 2.32. The van der Waals surface area contributed by atoms with Gasteiger partial charge in [-0.05, 0) is 30.6 Å². The molecule has 2 rings (SSSR count). The van der Waals surface area contributed by atoms with E-state index in [9.17, 15) is 0 Å². The maximum Gasteiger partial charge on any atom is 0.0931 e. The minimum Gasteiger partial charge on any atom is -0.312 e. The van der Waals surface area contributed by atoms with Gasteiger partial charge in [-0.3, -0.25) is 0 Å². The van der Waals surface area contributed by atoms with E-state index in [2.05, 4.69) is 11.4 Å². The molecule has 0 aromatic carbocycles. The van der Waals surface area contributed by atoms with Gasteiger partial charge in [-0.25, -0.2) is 0 Å². The minimum absolute atomic E-state index is 0.266. The van der Waals surface area contributed by atoms with Gasteiger partial charge in [-0.2, -0.15) is 0 Å². The Morgan fingerprint density at radius 2 is 2.12 bits per heavy atom. The average molecular weight is 292 g/mol. The SMILES string of the molecule is CNC(Cc1ccc(Cl)s1)c1sccc1Cl. The predicted molar refractivity (Wildman–Crippen MR) is 74.2 cm³/mol. The van der Waals surface area contributed by atoms with Gasteiger partial charge in [0.05, 0.1) is 9.36 Å². The molecule has 0 amide bonds. The second-order valence-corrected chi connectivity index (χ2v) is 6.54. The highest BCUT2D eigenvalue weighted by atomic mass is 35.5. The molecule has 0 aliphatic heterocycles. The first kappa shape index (κ1) is 12.4. The lowest BCUT2D eigenvalue weighted by molar-refractivity contribution is 0.607. The molecule has 1 nitrogen and oxygen atoms in total. The van der Waals surface area contributed by atoms with Crippen molar-refractivity contribution >= 4 is 45.9 Å². The monoisotopic (exact) mass is 291 g/mol. The van der Waals surface area contributed by atoms with E-state index in [4.69, 9.17) is 23.2 Å². The van der Waals surface area contributed by atoms with E-state index in [1.54, 1.807) is 22.7 Å². The zero-order valence-corrected chi connectivity index (χ0v) is 11.8. The summed E-state index contributed by atoms with van der Waals surface area (Å²) < 4.78 is 0.835. The first-order valence-corrected chi connectivity index (χ1v) is 7.30. The quantitative estimate of drug-likeness (QED) is 0.867. The van der Waals surface area contributed by atoms with E-state index in [1.165, 1.54) is 9.75 Å². The van der Waals surface area contributed by atoms with Crippen LogP contribution in [0.25, 0.3) is 0 Å². The third kappa shape index (κ3) is 2.79. The maximum atomic E-state index is 6.13. The topological polar surface area (TPSA) is 12.0 Å². The fourth-order valence-electron chi connectivity index (χ4n) is 1.54. The van der Waals surface area contributed by atoms with Gasteiger partial charge < -0.3 is 5.32 Å². The van der Waals surface area contributed by atoms with Crippen molar-refractivity contribution in [2.45, 2.75) is 12.5 Å². The molecule has 0 saturated heterocycles. The number of halogens is 2. The van der Waals surface area contributed by atoms with E-state index in [-0.39, 0.29) is 6.04 Å². The Morgan fingerprint density at radius 3 is 2.62 bits per heavy atom. The summed E-state index contributed by atoms with van der Waals surface area (Å²) in [6, 6.07) is 6.21. The first-order chi connectivity index (χ1) is 7.70. The predicted octanol–water partition coefficient (Wildman–Crippen LogP) is 4.62. The lowest BCUT2D eigenvalue weighted by Crippen LogP contribution is -2.17. The molecule has 0 bridgehead atoms. The zero-order valence-electron chi connectivity index (χ0n) is 8.67. The Kier molecular flexibility index (Phi) is 4.27. The van der Waals surface area contributed by atoms with E-state index in [0.717, 1.165) is 15.8 Å². The molecular weight excluding hydrogens is 281 g/mol. The van der Waals surface area contributed by atoms with Crippen LogP contribution in [0.4, 0.5) is 0 Å². The molecular formula is C11H11Cl2NS2. The molecule has 0 radical (unpaired) electrons. The van der Waals surface area contributed by atoms with Crippen LogP contribution in [-0.4, -0.2) is 7.05 Å². The van der Waals surface area contributed by atoms with Crippen LogP contribution in [0, 0.1) is 0 Å². The van der Waals surface area contributed by atoms with Crippen LogP contribution in [0.15, 0.2) is 23.6 Å². The molecule has 0 fully saturated rings. The van der Waals surface area contributed by atoms with Gasteiger partial charge in [0.2, 0.25) is 0 Å².